The molecule has 1 aromatic rings. The Balaban J connectivity index is 1.87. The van der Waals surface area contributed by atoms with Crippen LogP contribution in [0.1, 0.15) is 49.8 Å². The molecule has 0 aromatic heterocycles. The molecule has 2 nitrogen and oxygen atoms in total. The smallest absolute Gasteiger partial charge is 0.0356 e. The maximum atomic E-state index is 5.87. The maximum absolute atomic E-state index is 5.87. The minimum atomic E-state index is 0.654. The highest BCUT2D eigenvalue weighted by molar-refractivity contribution is 5.47. The summed E-state index contributed by atoms with van der Waals surface area (Å²) in [6, 6.07) is 7.89. The minimum absolute atomic E-state index is 0.654. The van der Waals surface area contributed by atoms with Crippen molar-refractivity contribution in [3.8, 4) is 0 Å². The number of fused-ring (bicyclic) bond motifs is 1. The number of anilines is 1. The van der Waals surface area contributed by atoms with Crippen LogP contribution in [0.25, 0.3) is 0 Å². The number of likely N-dealkylation sites (tertiary alicyclic amines) is 1. The van der Waals surface area contributed by atoms with E-state index in [0.29, 0.717) is 6.04 Å². The highest BCUT2D eigenvalue weighted by Gasteiger charge is 2.31. The Bertz CT molecular complexity index is 413. The zero-order valence-electron chi connectivity index (χ0n) is 10.7. The van der Waals surface area contributed by atoms with Gasteiger partial charge in [0.05, 0.1) is 0 Å². The summed E-state index contributed by atoms with van der Waals surface area (Å²) in [4.78, 5) is 2.71. The molecule has 1 aliphatic heterocycles. The van der Waals surface area contributed by atoms with Crippen LogP contribution in [0.2, 0.25) is 0 Å². The Morgan fingerprint density at radius 2 is 2.12 bits per heavy atom. The number of nitrogen functional groups attached to an aromatic ring is 1. The molecule has 1 aliphatic carbocycles. The quantitative estimate of drug-likeness (QED) is 0.751. The average Bonchev–Trinajstić information content (AvgIpc) is 2.72. The number of aryl methyl sites for hydroxylation is 1. The van der Waals surface area contributed by atoms with Crippen molar-refractivity contribution in [2.75, 3.05) is 12.3 Å². The maximum Gasteiger partial charge on any atom is 0.0356 e. The van der Waals surface area contributed by atoms with Crippen LogP contribution in [0.5, 0.6) is 0 Å². The Labute approximate surface area is 104 Å². The van der Waals surface area contributed by atoms with Gasteiger partial charge < -0.3 is 5.73 Å². The lowest BCUT2D eigenvalue weighted by Gasteiger charge is -2.38. The predicted octanol–water partition coefficient (Wildman–Crippen LogP) is 3.13. The van der Waals surface area contributed by atoms with Crippen LogP contribution in [0.3, 0.4) is 0 Å². The van der Waals surface area contributed by atoms with Crippen molar-refractivity contribution in [1.82, 2.24) is 4.90 Å². The van der Waals surface area contributed by atoms with E-state index in [1.54, 1.807) is 0 Å². The van der Waals surface area contributed by atoms with Gasteiger partial charge in [0.15, 0.2) is 0 Å². The first-order chi connectivity index (χ1) is 8.25. The van der Waals surface area contributed by atoms with Crippen molar-refractivity contribution in [1.29, 1.82) is 0 Å². The molecule has 2 aliphatic rings. The predicted molar refractivity (Wildman–Crippen MR) is 71.9 cm³/mol. The van der Waals surface area contributed by atoms with Crippen LogP contribution < -0.4 is 5.73 Å². The van der Waals surface area contributed by atoms with Gasteiger partial charge >= 0.3 is 0 Å². The Hall–Kier alpha value is -1.02. The van der Waals surface area contributed by atoms with Gasteiger partial charge in [-0.3, -0.25) is 4.90 Å². The van der Waals surface area contributed by atoms with Crippen molar-refractivity contribution in [2.24, 2.45) is 0 Å². The van der Waals surface area contributed by atoms with Gasteiger partial charge in [-0.25, -0.2) is 0 Å². The van der Waals surface area contributed by atoms with Crippen molar-refractivity contribution >= 4 is 5.69 Å². The lowest BCUT2D eigenvalue weighted by atomic mass is 9.98. The van der Waals surface area contributed by atoms with Crippen LogP contribution in [0.4, 0.5) is 5.69 Å². The van der Waals surface area contributed by atoms with Gasteiger partial charge in [-0.2, -0.15) is 0 Å². The Kier molecular flexibility index (Phi) is 2.83. The topological polar surface area (TPSA) is 29.3 Å². The third-order valence-corrected chi connectivity index (χ3v) is 4.47. The van der Waals surface area contributed by atoms with Gasteiger partial charge in [-0.15, -0.1) is 0 Å². The zero-order valence-corrected chi connectivity index (χ0v) is 10.7. The van der Waals surface area contributed by atoms with Crippen molar-refractivity contribution < 1.29 is 0 Å². The molecule has 92 valence electrons. The SMILES string of the molecule is CC1CCCCN1C1CCc2cc(N)ccc21. The number of hydrogen-bond donors (Lipinski definition) is 1. The second-order valence-corrected chi connectivity index (χ2v) is 5.60. The van der Waals surface area contributed by atoms with Crippen LogP contribution >= 0.6 is 0 Å². The lowest BCUT2D eigenvalue weighted by Crippen LogP contribution is -2.39. The van der Waals surface area contributed by atoms with E-state index >= 15 is 0 Å². The fourth-order valence-corrected chi connectivity index (χ4v) is 3.54. The van der Waals surface area contributed by atoms with E-state index in [-0.39, 0.29) is 0 Å². The van der Waals surface area contributed by atoms with Crippen molar-refractivity contribution in [3.05, 3.63) is 29.3 Å². The van der Waals surface area contributed by atoms with E-state index < -0.39 is 0 Å². The Morgan fingerprint density at radius 3 is 2.94 bits per heavy atom. The molecule has 17 heavy (non-hydrogen) atoms. The first-order valence-corrected chi connectivity index (χ1v) is 6.90. The zero-order chi connectivity index (χ0) is 11.8. The third kappa shape index (κ3) is 1.95. The summed E-state index contributed by atoms with van der Waals surface area (Å²) in [6.07, 6.45) is 6.61. The van der Waals surface area contributed by atoms with Gasteiger partial charge in [0, 0.05) is 17.8 Å². The van der Waals surface area contributed by atoms with E-state index in [4.69, 9.17) is 5.73 Å². The van der Waals surface area contributed by atoms with Gasteiger partial charge in [0.25, 0.3) is 0 Å². The summed E-state index contributed by atoms with van der Waals surface area (Å²) in [5.74, 6) is 0. The van der Waals surface area contributed by atoms with Gasteiger partial charge in [0.1, 0.15) is 0 Å². The van der Waals surface area contributed by atoms with Crippen molar-refractivity contribution in [2.45, 2.75) is 51.1 Å². The second-order valence-electron chi connectivity index (χ2n) is 5.60. The minimum Gasteiger partial charge on any atom is -0.399 e. The van der Waals surface area contributed by atoms with E-state index in [0.717, 1.165) is 11.7 Å². The summed E-state index contributed by atoms with van der Waals surface area (Å²) >= 11 is 0. The van der Waals surface area contributed by atoms with Crippen LogP contribution in [-0.2, 0) is 6.42 Å². The molecule has 0 radical (unpaired) electrons. The lowest BCUT2D eigenvalue weighted by molar-refractivity contribution is 0.105. The van der Waals surface area contributed by atoms with Gasteiger partial charge in [-0.1, -0.05) is 12.5 Å². The summed E-state index contributed by atoms with van der Waals surface area (Å²) in [5, 5.41) is 0. The number of nitrogens with two attached hydrogens (primary N) is 1. The van der Waals surface area contributed by atoms with Crippen molar-refractivity contribution in [3.63, 3.8) is 0 Å². The van der Waals surface area contributed by atoms with E-state index in [9.17, 15) is 0 Å². The van der Waals surface area contributed by atoms with Crippen LogP contribution in [-0.4, -0.2) is 17.5 Å². The number of rotatable bonds is 1. The standard InChI is InChI=1S/C15H22N2/c1-11-4-2-3-9-17(11)15-8-5-12-10-13(16)6-7-14(12)15/h6-7,10-11,15H,2-5,8-9,16H2,1H3. The second kappa shape index (κ2) is 4.34. The first-order valence-electron chi connectivity index (χ1n) is 6.90. The summed E-state index contributed by atoms with van der Waals surface area (Å²) in [5.41, 5.74) is 9.80. The number of nitrogens with zero attached hydrogens (tertiary/aromatic N) is 1. The van der Waals surface area contributed by atoms with E-state index in [2.05, 4.69) is 30.0 Å². The number of piperidine rings is 1. The largest absolute Gasteiger partial charge is 0.399 e. The molecule has 2 unspecified atom stereocenters. The first kappa shape index (κ1) is 11.1. The molecular weight excluding hydrogens is 208 g/mol. The fourth-order valence-electron chi connectivity index (χ4n) is 3.54. The summed E-state index contributed by atoms with van der Waals surface area (Å²) in [6.45, 7) is 3.66. The molecule has 1 aromatic carbocycles. The molecule has 2 N–H and O–H groups in total. The molecule has 0 bridgehead atoms. The van der Waals surface area contributed by atoms with Crippen LogP contribution in [0.15, 0.2) is 18.2 Å². The fraction of sp³-hybridized carbons (Fsp3) is 0.600. The molecule has 0 saturated carbocycles. The molecule has 1 heterocycles. The summed E-state index contributed by atoms with van der Waals surface area (Å²) in [7, 11) is 0. The van der Waals surface area contributed by atoms with E-state index in [1.165, 1.54) is 49.8 Å². The molecule has 0 amide bonds. The van der Waals surface area contributed by atoms with Gasteiger partial charge in [0.2, 0.25) is 0 Å². The Morgan fingerprint density at radius 1 is 1.24 bits per heavy atom. The molecule has 1 fully saturated rings. The number of benzene rings is 1. The molecule has 3 rings (SSSR count). The molecule has 0 spiro atoms. The summed E-state index contributed by atoms with van der Waals surface area (Å²) < 4.78 is 0. The highest BCUT2D eigenvalue weighted by atomic mass is 15.2. The molecule has 2 heteroatoms. The van der Waals surface area contributed by atoms with E-state index in [1.807, 2.05) is 0 Å². The highest BCUT2D eigenvalue weighted by Crippen LogP contribution is 2.39. The average molecular weight is 230 g/mol. The number of hydrogen-bond acceptors (Lipinski definition) is 2. The third-order valence-electron chi connectivity index (χ3n) is 4.47. The van der Waals surface area contributed by atoms with Crippen LogP contribution in [0, 0.1) is 0 Å². The molecular formula is C15H22N2. The molecule has 2 atom stereocenters. The normalized spacial score (nSPS) is 29.2. The molecule has 1 saturated heterocycles. The van der Waals surface area contributed by atoms with Gasteiger partial charge in [-0.05, 0) is 62.4 Å². The monoisotopic (exact) mass is 230 g/mol.